The zero-order valence-corrected chi connectivity index (χ0v) is 30.6. The molecule has 1 aliphatic rings. The van der Waals surface area contributed by atoms with Crippen molar-refractivity contribution in [3.8, 4) is 39.9 Å². The average molecular weight is 685 g/mol. The van der Waals surface area contributed by atoms with Gasteiger partial charge in [-0.3, -0.25) is 0 Å². The molecule has 9 aromatic rings. The highest BCUT2D eigenvalue weighted by atomic mass is 15.0. The maximum atomic E-state index is 5.14. The Kier molecular flexibility index (Phi) is 6.97. The van der Waals surface area contributed by atoms with Gasteiger partial charge in [-0.1, -0.05) is 161 Å². The Balaban J connectivity index is 1.30. The van der Waals surface area contributed by atoms with Crippen molar-refractivity contribution in [2.24, 2.45) is 0 Å². The van der Waals surface area contributed by atoms with Crippen LogP contribution in [-0.2, 0) is 10.8 Å². The third-order valence-corrected chi connectivity index (χ3v) is 11.7. The molecule has 2 heterocycles. The first-order valence-electron chi connectivity index (χ1n) is 18.7. The summed E-state index contributed by atoms with van der Waals surface area (Å²) in [5.41, 5.74) is 9.63. The lowest BCUT2D eigenvalue weighted by molar-refractivity contribution is 0.334. The van der Waals surface area contributed by atoms with E-state index < -0.39 is 0 Å². The van der Waals surface area contributed by atoms with Gasteiger partial charge in [-0.05, 0) is 63.1 Å². The van der Waals surface area contributed by atoms with Crippen LogP contribution >= 0.6 is 0 Å². The number of fused-ring (bicyclic) bond motifs is 8. The van der Waals surface area contributed by atoms with Gasteiger partial charge in [0.25, 0.3) is 0 Å². The summed E-state index contributed by atoms with van der Waals surface area (Å²) in [5, 5.41) is 7.43. The molecule has 0 saturated carbocycles. The lowest BCUT2D eigenvalue weighted by Crippen LogP contribution is -2.34. The normalized spacial score (nSPS) is 14.9. The summed E-state index contributed by atoms with van der Waals surface area (Å²) in [6, 6.07) is 51.9. The van der Waals surface area contributed by atoms with Crippen molar-refractivity contribution in [3.05, 3.63) is 157 Å². The fraction of sp³-hybridized carbons (Fsp3) is 0.163. The highest BCUT2D eigenvalue weighted by Gasteiger charge is 2.39. The van der Waals surface area contributed by atoms with E-state index in [0.29, 0.717) is 17.5 Å². The fourth-order valence-corrected chi connectivity index (χ4v) is 8.87. The number of benzene rings is 7. The second-order valence-electron chi connectivity index (χ2n) is 15.9. The second-order valence-corrected chi connectivity index (χ2v) is 15.9. The van der Waals surface area contributed by atoms with Crippen molar-refractivity contribution < 1.29 is 0 Å². The van der Waals surface area contributed by atoms with Gasteiger partial charge in [-0.15, -0.1) is 0 Å². The maximum absolute atomic E-state index is 5.14. The number of hydrogen-bond acceptors (Lipinski definition) is 3. The minimum absolute atomic E-state index is 0.00853. The largest absolute Gasteiger partial charge is 0.308 e. The average Bonchev–Trinajstić information content (AvgIpc) is 3.54. The van der Waals surface area contributed by atoms with Gasteiger partial charge in [0.05, 0.1) is 16.7 Å². The van der Waals surface area contributed by atoms with Crippen LogP contribution in [0.4, 0.5) is 0 Å². The molecule has 7 aromatic carbocycles. The molecule has 2 aromatic heterocycles. The van der Waals surface area contributed by atoms with Crippen LogP contribution in [0.15, 0.2) is 146 Å². The van der Waals surface area contributed by atoms with Gasteiger partial charge in [0.15, 0.2) is 17.5 Å². The number of nitrogens with zero attached hydrogens (tertiary/aromatic N) is 4. The minimum atomic E-state index is 0.00853. The molecule has 0 spiro atoms. The summed E-state index contributed by atoms with van der Waals surface area (Å²) in [6.07, 6.45) is 2.31. The monoisotopic (exact) mass is 684 g/mol. The summed E-state index contributed by atoms with van der Waals surface area (Å²) in [6.45, 7) is 9.72. The molecule has 0 N–H and O–H groups in total. The maximum Gasteiger partial charge on any atom is 0.164 e. The number of hydrogen-bond donors (Lipinski definition) is 0. The van der Waals surface area contributed by atoms with E-state index in [1.807, 2.05) is 36.4 Å². The molecule has 0 radical (unpaired) electrons. The highest BCUT2D eigenvalue weighted by Crippen LogP contribution is 2.51. The fourth-order valence-electron chi connectivity index (χ4n) is 8.87. The van der Waals surface area contributed by atoms with Crippen LogP contribution in [0.25, 0.3) is 83.2 Å². The van der Waals surface area contributed by atoms with E-state index in [-0.39, 0.29) is 10.8 Å². The molecule has 4 heteroatoms. The summed E-state index contributed by atoms with van der Waals surface area (Å²) in [4.78, 5) is 15.2. The van der Waals surface area contributed by atoms with E-state index in [9.17, 15) is 0 Å². The van der Waals surface area contributed by atoms with Crippen molar-refractivity contribution in [1.82, 2.24) is 19.5 Å². The second kappa shape index (κ2) is 11.7. The van der Waals surface area contributed by atoms with Gasteiger partial charge < -0.3 is 4.57 Å². The van der Waals surface area contributed by atoms with Crippen LogP contribution in [0.2, 0.25) is 0 Å². The molecule has 53 heavy (non-hydrogen) atoms. The summed E-state index contributed by atoms with van der Waals surface area (Å²) < 4.78 is 2.57. The smallest absolute Gasteiger partial charge is 0.164 e. The van der Waals surface area contributed by atoms with E-state index in [1.165, 1.54) is 50.1 Å². The lowest BCUT2D eigenvalue weighted by Gasteiger charge is -2.42. The molecule has 1 aliphatic carbocycles. The number of rotatable bonds is 4. The van der Waals surface area contributed by atoms with Crippen LogP contribution in [0.5, 0.6) is 0 Å². The molecular weight excluding hydrogens is 645 g/mol. The predicted molar refractivity (Wildman–Crippen MR) is 221 cm³/mol. The molecule has 0 aliphatic heterocycles. The van der Waals surface area contributed by atoms with Gasteiger partial charge in [-0.25, -0.2) is 15.0 Å². The van der Waals surface area contributed by atoms with E-state index in [4.69, 9.17) is 15.0 Å². The molecule has 10 rings (SSSR count). The Morgan fingerprint density at radius 3 is 1.81 bits per heavy atom. The zero-order valence-electron chi connectivity index (χ0n) is 30.6. The lowest BCUT2D eigenvalue weighted by atomic mass is 9.62. The van der Waals surface area contributed by atoms with Gasteiger partial charge in [-0.2, -0.15) is 0 Å². The zero-order chi connectivity index (χ0) is 35.9. The van der Waals surface area contributed by atoms with Crippen molar-refractivity contribution in [2.45, 2.75) is 51.4 Å². The van der Waals surface area contributed by atoms with E-state index in [0.717, 1.165) is 39.6 Å². The molecular formula is C49H40N4. The summed E-state index contributed by atoms with van der Waals surface area (Å²) in [7, 11) is 0. The Hall–Kier alpha value is -6.13. The van der Waals surface area contributed by atoms with Gasteiger partial charge >= 0.3 is 0 Å². The van der Waals surface area contributed by atoms with E-state index in [2.05, 4.69) is 141 Å². The highest BCUT2D eigenvalue weighted by molar-refractivity contribution is 6.22. The Labute approximate surface area is 309 Å². The Morgan fingerprint density at radius 1 is 0.472 bits per heavy atom. The first kappa shape index (κ1) is 31.6. The van der Waals surface area contributed by atoms with Crippen molar-refractivity contribution in [3.63, 3.8) is 0 Å². The van der Waals surface area contributed by atoms with E-state index >= 15 is 0 Å². The van der Waals surface area contributed by atoms with Gasteiger partial charge in [0, 0.05) is 32.8 Å². The van der Waals surface area contributed by atoms with Crippen LogP contribution in [0, 0.1) is 0 Å². The molecule has 4 nitrogen and oxygen atoms in total. The molecule has 0 atom stereocenters. The molecule has 0 unspecified atom stereocenters. The molecule has 0 amide bonds. The standard InChI is InChI=1S/C49H40N4/c1-48(2)29-30-49(3,4)43-39(48)27-26-38-42-34-20-12-11-15-31(34)25-28-41(42)53(44(38)43)40-24-14-21-35-36(40)22-13-23-37(35)47-51-45(32-16-7-5-8-17-32)50-46(52-47)33-18-9-6-10-19-33/h5-28H,29-30H2,1-4H3. The van der Waals surface area contributed by atoms with E-state index in [1.54, 1.807) is 0 Å². The van der Waals surface area contributed by atoms with Gasteiger partial charge in [0.2, 0.25) is 0 Å². The van der Waals surface area contributed by atoms with Gasteiger partial charge in [0.1, 0.15) is 0 Å². The third kappa shape index (κ3) is 4.93. The van der Waals surface area contributed by atoms with Crippen LogP contribution in [-0.4, -0.2) is 19.5 Å². The first-order chi connectivity index (χ1) is 25.8. The molecule has 256 valence electrons. The van der Waals surface area contributed by atoms with Crippen LogP contribution in [0.1, 0.15) is 51.7 Å². The van der Waals surface area contributed by atoms with Crippen LogP contribution < -0.4 is 0 Å². The molecule has 0 saturated heterocycles. The third-order valence-electron chi connectivity index (χ3n) is 11.7. The Morgan fingerprint density at radius 2 is 1.08 bits per heavy atom. The topological polar surface area (TPSA) is 43.6 Å². The SMILES string of the molecule is CC1(C)CCC(C)(C)c2c1ccc1c3c4ccccc4ccc3n(-c3cccc4c(-c5nc(-c6ccccc6)nc(-c6ccccc6)n5)cccc34)c21. The quantitative estimate of drug-likeness (QED) is 0.185. The van der Waals surface area contributed by atoms with Crippen molar-refractivity contribution >= 4 is 43.4 Å². The van der Waals surface area contributed by atoms with Crippen LogP contribution in [0.3, 0.4) is 0 Å². The molecule has 0 fully saturated rings. The number of aromatic nitrogens is 4. The minimum Gasteiger partial charge on any atom is -0.308 e. The predicted octanol–water partition coefficient (Wildman–Crippen LogP) is 12.6. The summed E-state index contributed by atoms with van der Waals surface area (Å²) >= 11 is 0. The summed E-state index contributed by atoms with van der Waals surface area (Å²) in [5.74, 6) is 1.98. The Bertz CT molecular complexity index is 2820. The van der Waals surface area contributed by atoms with Crippen molar-refractivity contribution in [2.75, 3.05) is 0 Å². The van der Waals surface area contributed by atoms with Crippen molar-refractivity contribution in [1.29, 1.82) is 0 Å². The molecule has 0 bridgehead atoms. The first-order valence-corrected chi connectivity index (χ1v) is 18.7.